The van der Waals surface area contributed by atoms with Crippen LogP contribution in [0, 0.1) is 6.92 Å². The van der Waals surface area contributed by atoms with Crippen LogP contribution < -0.4 is 5.73 Å². The molecule has 2 aromatic rings. The SMILES string of the molecule is CC(=NO)c1nnn(-c2nonc2N)c1C. The normalized spacial score (nSPS) is 12.0. The van der Waals surface area contributed by atoms with Gasteiger partial charge >= 0.3 is 0 Å². The van der Waals surface area contributed by atoms with Gasteiger partial charge in [0.25, 0.3) is 0 Å². The molecule has 84 valence electrons. The lowest BCUT2D eigenvalue weighted by Gasteiger charge is -1.97. The van der Waals surface area contributed by atoms with Crippen LogP contribution in [0.5, 0.6) is 0 Å². The van der Waals surface area contributed by atoms with Crippen molar-refractivity contribution in [2.24, 2.45) is 5.16 Å². The molecule has 0 fully saturated rings. The zero-order chi connectivity index (χ0) is 11.7. The highest BCUT2D eigenvalue weighted by atomic mass is 16.6. The molecule has 3 N–H and O–H groups in total. The topological polar surface area (TPSA) is 128 Å². The minimum absolute atomic E-state index is 0.109. The number of anilines is 1. The van der Waals surface area contributed by atoms with E-state index in [-0.39, 0.29) is 11.6 Å². The van der Waals surface area contributed by atoms with Gasteiger partial charge in [0.15, 0.2) is 0 Å². The largest absolute Gasteiger partial charge is 0.411 e. The van der Waals surface area contributed by atoms with Crippen LogP contribution in [-0.2, 0) is 0 Å². The van der Waals surface area contributed by atoms with Crippen LogP contribution in [-0.4, -0.2) is 36.2 Å². The van der Waals surface area contributed by atoms with Crippen molar-refractivity contribution in [2.45, 2.75) is 13.8 Å². The monoisotopic (exact) mass is 223 g/mol. The van der Waals surface area contributed by atoms with E-state index < -0.39 is 0 Å². The number of hydrogen-bond acceptors (Lipinski definition) is 8. The Morgan fingerprint density at radius 2 is 2.25 bits per heavy atom. The molecule has 0 unspecified atom stereocenters. The van der Waals surface area contributed by atoms with Crippen LogP contribution in [0.2, 0.25) is 0 Å². The molecule has 0 atom stereocenters. The first-order valence-electron chi connectivity index (χ1n) is 4.35. The Bertz CT molecular complexity index is 541. The van der Waals surface area contributed by atoms with E-state index in [0.717, 1.165) is 0 Å². The minimum atomic E-state index is 0.109. The molecule has 16 heavy (non-hydrogen) atoms. The van der Waals surface area contributed by atoms with E-state index in [1.165, 1.54) is 4.68 Å². The third-order valence-corrected chi connectivity index (χ3v) is 2.08. The van der Waals surface area contributed by atoms with Gasteiger partial charge in [-0.1, -0.05) is 10.4 Å². The summed E-state index contributed by atoms with van der Waals surface area (Å²) in [7, 11) is 0. The summed E-state index contributed by atoms with van der Waals surface area (Å²) < 4.78 is 5.81. The molecule has 0 aliphatic carbocycles. The number of rotatable bonds is 2. The van der Waals surface area contributed by atoms with E-state index in [0.29, 0.717) is 17.1 Å². The number of nitrogens with zero attached hydrogens (tertiary/aromatic N) is 6. The van der Waals surface area contributed by atoms with Gasteiger partial charge in [0.1, 0.15) is 11.4 Å². The zero-order valence-corrected chi connectivity index (χ0v) is 8.62. The Labute approximate surface area is 89.5 Å². The predicted octanol–water partition coefficient (Wildman–Crippen LogP) is -0.261. The Morgan fingerprint density at radius 1 is 1.50 bits per heavy atom. The van der Waals surface area contributed by atoms with Gasteiger partial charge in [-0.05, 0) is 24.2 Å². The molecule has 9 heteroatoms. The van der Waals surface area contributed by atoms with E-state index in [1.54, 1.807) is 13.8 Å². The molecule has 2 heterocycles. The smallest absolute Gasteiger partial charge is 0.243 e. The van der Waals surface area contributed by atoms with Crippen LogP contribution in [0.1, 0.15) is 18.3 Å². The highest BCUT2D eigenvalue weighted by Gasteiger charge is 2.17. The molecule has 0 aliphatic rings. The Kier molecular flexibility index (Phi) is 2.27. The van der Waals surface area contributed by atoms with Crippen molar-refractivity contribution in [2.75, 3.05) is 5.73 Å². The van der Waals surface area contributed by atoms with Crippen molar-refractivity contribution in [1.29, 1.82) is 0 Å². The number of nitrogens with two attached hydrogens (primary N) is 1. The van der Waals surface area contributed by atoms with Crippen molar-refractivity contribution < 1.29 is 9.84 Å². The first kappa shape index (κ1) is 10.1. The third-order valence-electron chi connectivity index (χ3n) is 2.08. The zero-order valence-electron chi connectivity index (χ0n) is 8.62. The molecule has 0 bridgehead atoms. The quantitative estimate of drug-likeness (QED) is 0.407. The van der Waals surface area contributed by atoms with Gasteiger partial charge in [0.05, 0.1) is 5.69 Å². The summed E-state index contributed by atoms with van der Waals surface area (Å²) >= 11 is 0. The minimum Gasteiger partial charge on any atom is -0.411 e. The molecule has 0 radical (unpaired) electrons. The van der Waals surface area contributed by atoms with Crippen molar-refractivity contribution in [3.05, 3.63) is 11.4 Å². The summed E-state index contributed by atoms with van der Waals surface area (Å²) in [6.45, 7) is 3.34. The van der Waals surface area contributed by atoms with Gasteiger partial charge < -0.3 is 10.9 Å². The Morgan fingerprint density at radius 3 is 2.81 bits per heavy atom. The van der Waals surface area contributed by atoms with Crippen molar-refractivity contribution >= 4 is 11.5 Å². The van der Waals surface area contributed by atoms with Gasteiger partial charge in [-0.3, -0.25) is 0 Å². The van der Waals surface area contributed by atoms with Gasteiger partial charge in [-0.2, -0.15) is 4.68 Å². The Hall–Kier alpha value is -2.45. The van der Waals surface area contributed by atoms with Gasteiger partial charge in [0, 0.05) is 0 Å². The fourth-order valence-electron chi connectivity index (χ4n) is 1.25. The summed E-state index contributed by atoms with van der Waals surface area (Å²) in [5.41, 5.74) is 6.94. The average Bonchev–Trinajstić information content (AvgIpc) is 2.84. The second kappa shape index (κ2) is 3.61. The summed E-state index contributed by atoms with van der Waals surface area (Å²) in [5, 5.41) is 26.4. The standard InChI is InChI=1S/C7H9N7O2/c1-3(10-15)5-4(2)14(13-9-5)7-6(8)11-16-12-7/h15H,1-2H3,(H2,8,11). The second-order valence-corrected chi connectivity index (χ2v) is 3.09. The summed E-state index contributed by atoms with van der Waals surface area (Å²) in [6, 6.07) is 0. The Balaban J connectivity index is 2.54. The number of nitrogen functional groups attached to an aromatic ring is 1. The first-order chi connectivity index (χ1) is 7.65. The molecule has 9 nitrogen and oxygen atoms in total. The summed E-state index contributed by atoms with van der Waals surface area (Å²) in [4.78, 5) is 0. The fourth-order valence-corrected chi connectivity index (χ4v) is 1.25. The maximum atomic E-state index is 8.65. The first-order valence-corrected chi connectivity index (χ1v) is 4.35. The molecule has 2 aromatic heterocycles. The van der Waals surface area contributed by atoms with E-state index in [2.05, 4.69) is 30.4 Å². The van der Waals surface area contributed by atoms with Gasteiger partial charge in [0.2, 0.25) is 11.6 Å². The lowest BCUT2D eigenvalue weighted by molar-refractivity contribution is 0.306. The highest BCUT2D eigenvalue weighted by Crippen LogP contribution is 2.14. The van der Waals surface area contributed by atoms with E-state index >= 15 is 0 Å². The molecule has 0 spiro atoms. The van der Waals surface area contributed by atoms with E-state index in [1.807, 2.05) is 0 Å². The maximum Gasteiger partial charge on any atom is 0.243 e. The second-order valence-electron chi connectivity index (χ2n) is 3.09. The maximum absolute atomic E-state index is 8.65. The lowest BCUT2D eigenvalue weighted by atomic mass is 10.2. The molecular formula is C7H9N7O2. The van der Waals surface area contributed by atoms with Crippen LogP contribution >= 0.6 is 0 Å². The van der Waals surface area contributed by atoms with Crippen molar-refractivity contribution in [3.63, 3.8) is 0 Å². The average molecular weight is 223 g/mol. The molecule has 0 amide bonds. The fraction of sp³-hybridized carbons (Fsp3) is 0.286. The molecule has 0 aromatic carbocycles. The number of hydrogen-bond donors (Lipinski definition) is 2. The summed E-state index contributed by atoms with van der Waals surface area (Å²) in [6.07, 6.45) is 0. The predicted molar refractivity (Wildman–Crippen MR) is 52.4 cm³/mol. The molecule has 0 saturated carbocycles. The highest BCUT2D eigenvalue weighted by molar-refractivity contribution is 5.97. The molecule has 0 aliphatic heterocycles. The van der Waals surface area contributed by atoms with Gasteiger partial charge in [-0.15, -0.1) is 5.10 Å². The number of oxime groups is 1. The lowest BCUT2D eigenvalue weighted by Crippen LogP contribution is -2.04. The van der Waals surface area contributed by atoms with Crippen LogP contribution in [0.3, 0.4) is 0 Å². The summed E-state index contributed by atoms with van der Waals surface area (Å²) in [5.74, 6) is 0.361. The van der Waals surface area contributed by atoms with Crippen LogP contribution in [0.4, 0.5) is 5.82 Å². The number of aromatic nitrogens is 5. The molecular weight excluding hydrogens is 214 g/mol. The van der Waals surface area contributed by atoms with Crippen molar-refractivity contribution in [3.8, 4) is 5.82 Å². The third kappa shape index (κ3) is 1.38. The van der Waals surface area contributed by atoms with Crippen molar-refractivity contribution in [1.82, 2.24) is 25.3 Å². The van der Waals surface area contributed by atoms with Gasteiger partial charge in [-0.25, -0.2) is 4.63 Å². The molecule has 2 rings (SSSR count). The molecule has 0 saturated heterocycles. The van der Waals surface area contributed by atoms with Crippen LogP contribution in [0.15, 0.2) is 9.78 Å². The van der Waals surface area contributed by atoms with E-state index in [9.17, 15) is 0 Å². The van der Waals surface area contributed by atoms with E-state index in [4.69, 9.17) is 10.9 Å². The van der Waals surface area contributed by atoms with Crippen LogP contribution in [0.25, 0.3) is 5.82 Å².